The van der Waals surface area contributed by atoms with Crippen LogP contribution in [0.25, 0.3) is 0 Å². The van der Waals surface area contributed by atoms with Gasteiger partial charge in [0.2, 0.25) is 0 Å². The molecule has 0 amide bonds. The summed E-state index contributed by atoms with van der Waals surface area (Å²) in [6.45, 7) is 1.99. The Morgan fingerprint density at radius 1 is 1.32 bits per heavy atom. The molecular weight excluding hydrogens is 244 g/mol. The third kappa shape index (κ3) is 6.54. The molecule has 108 valence electrons. The lowest BCUT2D eigenvalue weighted by Crippen LogP contribution is -2.24. The number of benzene rings is 1. The van der Waals surface area contributed by atoms with Gasteiger partial charge in [-0.1, -0.05) is 12.1 Å². The molecule has 1 rings (SSSR count). The lowest BCUT2D eigenvalue weighted by atomic mass is 10.1. The van der Waals surface area contributed by atoms with Crippen molar-refractivity contribution in [3.63, 3.8) is 0 Å². The zero-order chi connectivity index (χ0) is 13.9. The first kappa shape index (κ1) is 15.9. The van der Waals surface area contributed by atoms with Gasteiger partial charge in [0.25, 0.3) is 0 Å². The molecule has 0 spiro atoms. The zero-order valence-electron chi connectivity index (χ0n) is 11.5. The van der Waals surface area contributed by atoms with E-state index in [0.29, 0.717) is 19.6 Å². The maximum absolute atomic E-state index is 9.95. The average molecular weight is 268 g/mol. The molecule has 1 aromatic rings. The first-order chi connectivity index (χ1) is 9.27. The molecule has 0 radical (unpaired) electrons. The Bertz CT molecular complexity index is 347. The van der Waals surface area contributed by atoms with Crippen LogP contribution in [-0.2, 0) is 4.74 Å². The molecule has 0 saturated heterocycles. The van der Waals surface area contributed by atoms with Crippen LogP contribution in [0.2, 0.25) is 0 Å². The summed E-state index contributed by atoms with van der Waals surface area (Å²) in [5.74, 6) is 5.98. The molecule has 0 aliphatic rings. The van der Waals surface area contributed by atoms with E-state index in [1.165, 1.54) is 0 Å². The van der Waals surface area contributed by atoms with Crippen molar-refractivity contribution >= 4 is 0 Å². The molecule has 5 heteroatoms. The van der Waals surface area contributed by atoms with E-state index in [4.69, 9.17) is 15.3 Å². The standard InChI is InChI=1S/C14H24N2O3/c1-18-9-2-3-10-19-13-6-4-5-12(11-13)14(17)7-8-16-15/h4-6,11,14,16-17H,2-3,7-10,15H2,1H3. The van der Waals surface area contributed by atoms with Crippen LogP contribution in [0.5, 0.6) is 5.75 Å². The van der Waals surface area contributed by atoms with E-state index >= 15 is 0 Å². The van der Waals surface area contributed by atoms with Crippen molar-refractivity contribution in [3.05, 3.63) is 29.8 Å². The summed E-state index contributed by atoms with van der Waals surface area (Å²) in [5, 5.41) is 9.95. The Kier molecular flexibility index (Phi) is 8.16. The van der Waals surface area contributed by atoms with Crippen LogP contribution in [0.3, 0.4) is 0 Å². The summed E-state index contributed by atoms with van der Waals surface area (Å²) in [5.41, 5.74) is 3.39. The van der Waals surface area contributed by atoms with E-state index in [1.807, 2.05) is 24.3 Å². The minimum Gasteiger partial charge on any atom is -0.494 e. The van der Waals surface area contributed by atoms with Gasteiger partial charge in [-0.2, -0.15) is 0 Å². The highest BCUT2D eigenvalue weighted by Crippen LogP contribution is 2.21. The van der Waals surface area contributed by atoms with Crippen molar-refractivity contribution in [1.82, 2.24) is 5.43 Å². The Morgan fingerprint density at radius 2 is 2.11 bits per heavy atom. The van der Waals surface area contributed by atoms with Gasteiger partial charge in [-0.05, 0) is 37.0 Å². The molecule has 19 heavy (non-hydrogen) atoms. The van der Waals surface area contributed by atoms with Gasteiger partial charge in [0.15, 0.2) is 0 Å². The van der Waals surface area contributed by atoms with Gasteiger partial charge in [0, 0.05) is 20.3 Å². The van der Waals surface area contributed by atoms with Crippen LogP contribution in [0, 0.1) is 0 Å². The Balaban J connectivity index is 2.38. The fourth-order valence-electron chi connectivity index (χ4n) is 1.74. The lowest BCUT2D eigenvalue weighted by Gasteiger charge is -2.12. The van der Waals surface area contributed by atoms with Crippen molar-refractivity contribution in [1.29, 1.82) is 0 Å². The number of rotatable bonds is 10. The van der Waals surface area contributed by atoms with Crippen molar-refractivity contribution < 1.29 is 14.6 Å². The van der Waals surface area contributed by atoms with Gasteiger partial charge in [-0.15, -0.1) is 0 Å². The quantitative estimate of drug-likeness (QED) is 0.339. The summed E-state index contributed by atoms with van der Waals surface area (Å²) in [6.07, 6.45) is 2.00. The molecule has 4 N–H and O–H groups in total. The number of aliphatic hydroxyl groups excluding tert-OH is 1. The van der Waals surface area contributed by atoms with E-state index in [-0.39, 0.29) is 0 Å². The molecule has 5 nitrogen and oxygen atoms in total. The first-order valence-corrected chi connectivity index (χ1v) is 6.61. The molecule has 1 unspecified atom stereocenters. The number of nitrogens with two attached hydrogens (primary N) is 1. The normalized spacial score (nSPS) is 12.4. The van der Waals surface area contributed by atoms with E-state index in [2.05, 4.69) is 5.43 Å². The largest absolute Gasteiger partial charge is 0.494 e. The van der Waals surface area contributed by atoms with Crippen molar-refractivity contribution in [2.24, 2.45) is 5.84 Å². The highest BCUT2D eigenvalue weighted by Gasteiger charge is 2.07. The average Bonchev–Trinajstić information content (AvgIpc) is 2.45. The predicted molar refractivity (Wildman–Crippen MR) is 74.8 cm³/mol. The number of hydrogen-bond acceptors (Lipinski definition) is 5. The number of hydrazine groups is 1. The van der Waals surface area contributed by atoms with Crippen LogP contribution < -0.4 is 16.0 Å². The van der Waals surface area contributed by atoms with E-state index < -0.39 is 6.10 Å². The smallest absolute Gasteiger partial charge is 0.119 e. The van der Waals surface area contributed by atoms with Crippen LogP contribution in [0.15, 0.2) is 24.3 Å². The van der Waals surface area contributed by atoms with E-state index in [1.54, 1.807) is 7.11 Å². The number of hydrogen-bond donors (Lipinski definition) is 3. The summed E-state index contributed by atoms with van der Waals surface area (Å²) >= 11 is 0. The van der Waals surface area contributed by atoms with Gasteiger partial charge in [0.05, 0.1) is 12.7 Å². The second kappa shape index (κ2) is 9.75. The zero-order valence-corrected chi connectivity index (χ0v) is 11.5. The summed E-state index contributed by atoms with van der Waals surface area (Å²) < 4.78 is 10.6. The third-order valence-electron chi connectivity index (χ3n) is 2.82. The van der Waals surface area contributed by atoms with E-state index in [9.17, 15) is 5.11 Å². The van der Waals surface area contributed by atoms with E-state index in [0.717, 1.165) is 30.8 Å². The van der Waals surface area contributed by atoms with Crippen molar-refractivity contribution in [2.75, 3.05) is 26.9 Å². The molecule has 1 aromatic carbocycles. The number of aliphatic hydroxyl groups is 1. The molecule has 0 bridgehead atoms. The minimum atomic E-state index is -0.520. The fourth-order valence-corrected chi connectivity index (χ4v) is 1.74. The summed E-state index contributed by atoms with van der Waals surface area (Å²) in [7, 11) is 1.70. The Labute approximate surface area is 114 Å². The fraction of sp³-hybridized carbons (Fsp3) is 0.571. The Morgan fingerprint density at radius 3 is 2.84 bits per heavy atom. The summed E-state index contributed by atoms with van der Waals surface area (Å²) in [4.78, 5) is 0. The number of methoxy groups -OCH3 is 1. The first-order valence-electron chi connectivity index (χ1n) is 6.61. The SMILES string of the molecule is COCCCCOc1cccc(C(O)CCNN)c1. The topological polar surface area (TPSA) is 76.7 Å². The third-order valence-corrected chi connectivity index (χ3v) is 2.82. The van der Waals surface area contributed by atoms with Gasteiger partial charge in [0.1, 0.15) is 5.75 Å². The highest BCUT2D eigenvalue weighted by atomic mass is 16.5. The molecule has 0 aromatic heterocycles. The summed E-state index contributed by atoms with van der Waals surface area (Å²) in [6, 6.07) is 7.54. The molecule has 0 aliphatic carbocycles. The molecule has 0 aliphatic heterocycles. The Hall–Kier alpha value is -1.14. The van der Waals surface area contributed by atoms with Crippen LogP contribution in [-0.4, -0.2) is 32.0 Å². The molecular formula is C14H24N2O3. The minimum absolute atomic E-state index is 0.520. The second-order valence-corrected chi connectivity index (χ2v) is 4.38. The second-order valence-electron chi connectivity index (χ2n) is 4.38. The van der Waals surface area contributed by atoms with Crippen molar-refractivity contribution in [3.8, 4) is 5.75 Å². The predicted octanol–water partition coefficient (Wildman–Crippen LogP) is 1.38. The van der Waals surface area contributed by atoms with Crippen molar-refractivity contribution in [2.45, 2.75) is 25.4 Å². The molecule has 0 saturated carbocycles. The van der Waals surface area contributed by atoms with Gasteiger partial charge in [-0.3, -0.25) is 11.3 Å². The lowest BCUT2D eigenvalue weighted by molar-refractivity contribution is 0.166. The number of ether oxygens (including phenoxy) is 2. The molecule has 0 fully saturated rings. The van der Waals surface area contributed by atoms with Crippen LogP contribution in [0.1, 0.15) is 30.9 Å². The van der Waals surface area contributed by atoms with Crippen LogP contribution >= 0.6 is 0 Å². The highest BCUT2D eigenvalue weighted by molar-refractivity contribution is 5.29. The maximum atomic E-state index is 9.95. The van der Waals surface area contributed by atoms with Gasteiger partial charge >= 0.3 is 0 Å². The van der Waals surface area contributed by atoms with Gasteiger partial charge < -0.3 is 14.6 Å². The number of unbranched alkanes of at least 4 members (excludes halogenated alkanes) is 1. The van der Waals surface area contributed by atoms with Gasteiger partial charge in [-0.25, -0.2) is 0 Å². The molecule has 0 heterocycles. The monoisotopic (exact) mass is 268 g/mol. The van der Waals surface area contributed by atoms with Crippen LogP contribution in [0.4, 0.5) is 0 Å². The molecule has 1 atom stereocenters. The maximum Gasteiger partial charge on any atom is 0.119 e. The number of nitrogens with one attached hydrogen (secondary N) is 1.